The van der Waals surface area contributed by atoms with Crippen LogP contribution in [0.5, 0.6) is 0 Å². The second kappa shape index (κ2) is 6.72. The van der Waals surface area contributed by atoms with Gasteiger partial charge in [-0.3, -0.25) is 4.90 Å². The average molecular weight is 241 g/mol. The van der Waals surface area contributed by atoms with Crippen LogP contribution in [0.4, 0.5) is 0 Å². The lowest BCUT2D eigenvalue weighted by Crippen LogP contribution is -2.44. The van der Waals surface area contributed by atoms with Gasteiger partial charge in [0, 0.05) is 25.7 Å². The molecule has 0 saturated carbocycles. The fourth-order valence-electron chi connectivity index (χ4n) is 3.21. The maximum absolute atomic E-state index is 3.29. The van der Waals surface area contributed by atoms with Crippen molar-refractivity contribution in [3.8, 4) is 0 Å². The van der Waals surface area contributed by atoms with Crippen molar-refractivity contribution in [2.45, 2.75) is 39.7 Å². The third-order valence-electron chi connectivity index (χ3n) is 3.78. The van der Waals surface area contributed by atoms with Crippen LogP contribution >= 0.6 is 0 Å². The van der Waals surface area contributed by atoms with Crippen molar-refractivity contribution in [3.63, 3.8) is 0 Å². The predicted octanol–water partition coefficient (Wildman–Crippen LogP) is 1.65. The van der Waals surface area contributed by atoms with Crippen molar-refractivity contribution in [1.82, 2.24) is 15.1 Å². The first kappa shape index (κ1) is 14.9. The van der Waals surface area contributed by atoms with E-state index in [1.165, 1.54) is 39.0 Å². The Morgan fingerprint density at radius 3 is 2.71 bits per heavy atom. The number of rotatable bonds is 7. The summed E-state index contributed by atoms with van der Waals surface area (Å²) in [5.74, 6) is 0. The molecular formula is C14H31N3. The van der Waals surface area contributed by atoms with Crippen molar-refractivity contribution in [3.05, 3.63) is 0 Å². The summed E-state index contributed by atoms with van der Waals surface area (Å²) >= 11 is 0. The molecule has 0 aliphatic carbocycles. The van der Waals surface area contributed by atoms with Crippen LogP contribution in [0.25, 0.3) is 0 Å². The lowest BCUT2D eigenvalue weighted by Gasteiger charge is -2.33. The van der Waals surface area contributed by atoms with E-state index in [1.807, 2.05) is 7.05 Å². The molecule has 1 heterocycles. The van der Waals surface area contributed by atoms with Gasteiger partial charge in [-0.05, 0) is 45.4 Å². The van der Waals surface area contributed by atoms with Crippen molar-refractivity contribution < 1.29 is 0 Å². The van der Waals surface area contributed by atoms with E-state index in [1.54, 1.807) is 0 Å². The van der Waals surface area contributed by atoms with Crippen LogP contribution in [0, 0.1) is 5.41 Å². The van der Waals surface area contributed by atoms with Gasteiger partial charge in [0.1, 0.15) is 0 Å². The zero-order valence-corrected chi connectivity index (χ0v) is 12.4. The van der Waals surface area contributed by atoms with E-state index in [0.717, 1.165) is 12.6 Å². The minimum Gasteiger partial charge on any atom is -0.319 e. The molecule has 0 radical (unpaired) electrons. The monoisotopic (exact) mass is 241 g/mol. The molecule has 0 spiro atoms. The average Bonchev–Trinajstić information content (AvgIpc) is 2.63. The van der Waals surface area contributed by atoms with Gasteiger partial charge in [0.2, 0.25) is 0 Å². The Morgan fingerprint density at radius 1 is 1.41 bits per heavy atom. The highest BCUT2D eigenvalue weighted by atomic mass is 15.2. The first-order valence-corrected chi connectivity index (χ1v) is 7.05. The largest absolute Gasteiger partial charge is 0.319 e. The molecule has 17 heavy (non-hydrogen) atoms. The van der Waals surface area contributed by atoms with Gasteiger partial charge in [-0.25, -0.2) is 0 Å². The summed E-state index contributed by atoms with van der Waals surface area (Å²) in [6, 6.07) is 0.787. The molecule has 0 aromatic carbocycles. The van der Waals surface area contributed by atoms with Gasteiger partial charge in [0.05, 0.1) is 0 Å². The Balaban J connectivity index is 2.35. The molecule has 3 heteroatoms. The summed E-state index contributed by atoms with van der Waals surface area (Å²) in [4.78, 5) is 5.14. The number of nitrogens with one attached hydrogen (secondary N) is 1. The lowest BCUT2D eigenvalue weighted by atomic mass is 9.92. The molecule has 102 valence electrons. The summed E-state index contributed by atoms with van der Waals surface area (Å²) in [6.07, 6.45) is 2.76. The van der Waals surface area contributed by atoms with E-state index in [-0.39, 0.29) is 0 Å². The van der Waals surface area contributed by atoms with Gasteiger partial charge < -0.3 is 10.2 Å². The minimum absolute atomic E-state index is 0.360. The molecular weight excluding hydrogens is 210 g/mol. The molecule has 1 saturated heterocycles. The summed E-state index contributed by atoms with van der Waals surface area (Å²) in [7, 11) is 4.31. The first-order chi connectivity index (χ1) is 7.98. The number of hydrogen-bond acceptors (Lipinski definition) is 3. The number of nitrogens with zero attached hydrogens (tertiary/aromatic N) is 2. The van der Waals surface area contributed by atoms with E-state index in [2.05, 4.69) is 42.9 Å². The van der Waals surface area contributed by atoms with E-state index in [9.17, 15) is 0 Å². The Bertz CT molecular complexity index is 216. The van der Waals surface area contributed by atoms with Crippen LogP contribution in [0.15, 0.2) is 0 Å². The molecule has 1 aliphatic heterocycles. The minimum atomic E-state index is 0.360. The van der Waals surface area contributed by atoms with Crippen LogP contribution in [0.1, 0.15) is 33.6 Å². The maximum atomic E-state index is 3.29. The van der Waals surface area contributed by atoms with E-state index < -0.39 is 0 Å². The van der Waals surface area contributed by atoms with Crippen LogP contribution in [0.2, 0.25) is 0 Å². The zero-order valence-electron chi connectivity index (χ0n) is 12.4. The van der Waals surface area contributed by atoms with Crippen LogP contribution in [-0.4, -0.2) is 62.7 Å². The fourth-order valence-corrected chi connectivity index (χ4v) is 3.21. The first-order valence-electron chi connectivity index (χ1n) is 7.05. The number of likely N-dealkylation sites (N-methyl/N-ethyl adjacent to an activating group) is 2. The number of hydrogen-bond donors (Lipinski definition) is 1. The SMILES string of the molecule is CCN1CCCC1CN(C)CC(C)(C)CNC. The highest BCUT2D eigenvalue weighted by Gasteiger charge is 2.26. The molecule has 1 unspecified atom stereocenters. The van der Waals surface area contributed by atoms with Crippen molar-refractivity contribution in [2.75, 3.05) is 46.8 Å². The van der Waals surface area contributed by atoms with Crippen molar-refractivity contribution in [1.29, 1.82) is 0 Å². The van der Waals surface area contributed by atoms with Crippen molar-refractivity contribution >= 4 is 0 Å². The molecule has 0 bridgehead atoms. The van der Waals surface area contributed by atoms with Gasteiger partial charge >= 0.3 is 0 Å². The second-order valence-electron chi connectivity index (χ2n) is 6.32. The Labute approximate surface area is 108 Å². The highest BCUT2D eigenvalue weighted by Crippen LogP contribution is 2.20. The summed E-state index contributed by atoms with van der Waals surface area (Å²) in [5.41, 5.74) is 0.360. The third-order valence-corrected chi connectivity index (χ3v) is 3.78. The van der Waals surface area contributed by atoms with Crippen LogP contribution < -0.4 is 5.32 Å². The molecule has 3 nitrogen and oxygen atoms in total. The molecule has 0 aromatic heterocycles. The fraction of sp³-hybridized carbons (Fsp3) is 1.00. The molecule has 1 aliphatic rings. The molecule has 0 amide bonds. The Morgan fingerprint density at radius 2 is 2.12 bits per heavy atom. The van der Waals surface area contributed by atoms with Crippen LogP contribution in [0.3, 0.4) is 0 Å². The molecule has 1 N–H and O–H groups in total. The smallest absolute Gasteiger partial charge is 0.0223 e. The second-order valence-corrected chi connectivity index (χ2v) is 6.32. The Kier molecular flexibility index (Phi) is 5.90. The topological polar surface area (TPSA) is 18.5 Å². The molecule has 1 rings (SSSR count). The quantitative estimate of drug-likeness (QED) is 0.731. The van der Waals surface area contributed by atoms with Gasteiger partial charge in [0.25, 0.3) is 0 Å². The van der Waals surface area contributed by atoms with E-state index >= 15 is 0 Å². The maximum Gasteiger partial charge on any atom is 0.0223 e. The molecule has 1 fully saturated rings. The summed E-state index contributed by atoms with van der Waals surface area (Å²) < 4.78 is 0. The highest BCUT2D eigenvalue weighted by molar-refractivity contribution is 4.82. The Hall–Kier alpha value is -0.120. The van der Waals surface area contributed by atoms with E-state index in [0.29, 0.717) is 5.41 Å². The predicted molar refractivity (Wildman–Crippen MR) is 75.5 cm³/mol. The normalized spacial score (nSPS) is 22.6. The standard InChI is InChI=1S/C14H31N3/c1-6-17-9-7-8-13(17)10-16(5)12-14(2,3)11-15-4/h13,15H,6-12H2,1-5H3. The summed E-state index contributed by atoms with van der Waals surface area (Å²) in [5, 5.41) is 3.29. The van der Waals surface area contributed by atoms with Gasteiger partial charge in [-0.15, -0.1) is 0 Å². The molecule has 1 atom stereocenters. The van der Waals surface area contributed by atoms with Crippen molar-refractivity contribution in [2.24, 2.45) is 5.41 Å². The zero-order chi connectivity index (χ0) is 12.9. The van der Waals surface area contributed by atoms with Gasteiger partial charge in [-0.1, -0.05) is 20.8 Å². The number of likely N-dealkylation sites (tertiary alicyclic amines) is 1. The van der Waals surface area contributed by atoms with Gasteiger partial charge in [0.15, 0.2) is 0 Å². The van der Waals surface area contributed by atoms with Crippen LogP contribution in [-0.2, 0) is 0 Å². The molecule has 0 aromatic rings. The van der Waals surface area contributed by atoms with Gasteiger partial charge in [-0.2, -0.15) is 0 Å². The summed E-state index contributed by atoms with van der Waals surface area (Å²) in [6.45, 7) is 12.9. The lowest BCUT2D eigenvalue weighted by molar-refractivity contribution is 0.155. The third kappa shape index (κ3) is 4.94. The van der Waals surface area contributed by atoms with E-state index in [4.69, 9.17) is 0 Å².